The SMILES string of the molecule is Cc1nc(COC(=O)c2cc(N)cnc2C)cs1. The first-order chi connectivity index (χ1) is 8.56. The van der Waals surface area contributed by atoms with Gasteiger partial charge in [-0.3, -0.25) is 4.98 Å². The van der Waals surface area contributed by atoms with Gasteiger partial charge in [0.15, 0.2) is 0 Å². The zero-order chi connectivity index (χ0) is 13.1. The van der Waals surface area contributed by atoms with Crippen LogP contribution in [-0.4, -0.2) is 15.9 Å². The van der Waals surface area contributed by atoms with E-state index in [1.807, 2.05) is 12.3 Å². The Balaban J connectivity index is 2.05. The van der Waals surface area contributed by atoms with Gasteiger partial charge in [-0.05, 0) is 19.9 Å². The van der Waals surface area contributed by atoms with Crippen molar-refractivity contribution in [2.24, 2.45) is 0 Å². The fourth-order valence-corrected chi connectivity index (χ4v) is 2.04. The summed E-state index contributed by atoms with van der Waals surface area (Å²) in [5, 5.41) is 2.82. The Morgan fingerprint density at radius 2 is 2.28 bits per heavy atom. The number of pyridine rings is 1. The van der Waals surface area contributed by atoms with Crippen molar-refractivity contribution < 1.29 is 9.53 Å². The molecule has 0 atom stereocenters. The summed E-state index contributed by atoms with van der Waals surface area (Å²) in [6.45, 7) is 3.81. The average molecular weight is 263 g/mol. The number of hydrogen-bond acceptors (Lipinski definition) is 6. The molecule has 0 aliphatic rings. The molecule has 18 heavy (non-hydrogen) atoms. The van der Waals surface area contributed by atoms with Crippen molar-refractivity contribution in [2.45, 2.75) is 20.5 Å². The van der Waals surface area contributed by atoms with E-state index in [1.54, 1.807) is 13.0 Å². The summed E-state index contributed by atoms with van der Waals surface area (Å²) in [4.78, 5) is 20.1. The van der Waals surface area contributed by atoms with E-state index in [1.165, 1.54) is 17.5 Å². The van der Waals surface area contributed by atoms with Crippen molar-refractivity contribution in [3.05, 3.63) is 39.6 Å². The van der Waals surface area contributed by atoms with Crippen LogP contribution in [0.25, 0.3) is 0 Å². The monoisotopic (exact) mass is 263 g/mol. The van der Waals surface area contributed by atoms with Gasteiger partial charge in [-0.1, -0.05) is 0 Å². The second-order valence-electron chi connectivity index (χ2n) is 3.84. The van der Waals surface area contributed by atoms with Gasteiger partial charge in [-0.25, -0.2) is 9.78 Å². The Bertz CT molecular complexity index is 580. The van der Waals surface area contributed by atoms with E-state index < -0.39 is 5.97 Å². The molecule has 0 aliphatic carbocycles. The number of nitrogen functional groups attached to an aromatic ring is 1. The first-order valence-electron chi connectivity index (χ1n) is 5.36. The van der Waals surface area contributed by atoms with Crippen molar-refractivity contribution in [3.8, 4) is 0 Å². The second kappa shape index (κ2) is 5.14. The lowest BCUT2D eigenvalue weighted by Crippen LogP contribution is -2.09. The molecular formula is C12H13N3O2S. The third-order valence-corrected chi connectivity index (χ3v) is 3.17. The van der Waals surface area contributed by atoms with Crippen LogP contribution in [-0.2, 0) is 11.3 Å². The lowest BCUT2D eigenvalue weighted by Gasteiger charge is -2.06. The summed E-state index contributed by atoms with van der Waals surface area (Å²) in [5.41, 5.74) is 7.78. The van der Waals surface area contributed by atoms with Gasteiger partial charge in [-0.2, -0.15) is 0 Å². The van der Waals surface area contributed by atoms with Crippen molar-refractivity contribution in [1.29, 1.82) is 0 Å². The molecule has 2 aromatic rings. The summed E-state index contributed by atoms with van der Waals surface area (Å²) >= 11 is 1.52. The predicted molar refractivity (Wildman–Crippen MR) is 69.4 cm³/mol. The maximum absolute atomic E-state index is 11.9. The number of aryl methyl sites for hydroxylation is 2. The number of thiazole rings is 1. The number of nitrogens with zero attached hydrogens (tertiary/aromatic N) is 2. The average Bonchev–Trinajstić information content (AvgIpc) is 2.75. The molecule has 6 heteroatoms. The van der Waals surface area contributed by atoms with E-state index in [-0.39, 0.29) is 6.61 Å². The van der Waals surface area contributed by atoms with Crippen LogP contribution in [0.2, 0.25) is 0 Å². The standard InChI is InChI=1S/C12H13N3O2S/c1-7-11(3-9(13)4-14-7)12(16)17-5-10-6-18-8(2)15-10/h3-4,6H,5,13H2,1-2H3. The molecular weight excluding hydrogens is 250 g/mol. The number of carbonyl (C=O) groups is 1. The predicted octanol–water partition coefficient (Wildman–Crippen LogP) is 2.09. The summed E-state index contributed by atoms with van der Waals surface area (Å²) < 4.78 is 5.17. The van der Waals surface area contributed by atoms with Crippen molar-refractivity contribution >= 4 is 23.0 Å². The lowest BCUT2D eigenvalue weighted by molar-refractivity contribution is 0.0467. The molecule has 0 saturated heterocycles. The minimum absolute atomic E-state index is 0.164. The second-order valence-corrected chi connectivity index (χ2v) is 4.90. The number of anilines is 1. The number of carbonyl (C=O) groups excluding carboxylic acids is 1. The van der Waals surface area contributed by atoms with E-state index in [9.17, 15) is 4.79 Å². The Labute approximate surface area is 109 Å². The summed E-state index contributed by atoms with van der Waals surface area (Å²) in [6, 6.07) is 1.57. The maximum Gasteiger partial charge on any atom is 0.340 e. The van der Waals surface area contributed by atoms with E-state index >= 15 is 0 Å². The normalized spacial score (nSPS) is 10.3. The van der Waals surface area contributed by atoms with Crippen LogP contribution < -0.4 is 5.73 Å². The van der Waals surface area contributed by atoms with Crippen LogP contribution in [0.15, 0.2) is 17.6 Å². The van der Waals surface area contributed by atoms with E-state index in [2.05, 4.69) is 9.97 Å². The summed E-state index contributed by atoms with van der Waals surface area (Å²) in [5.74, 6) is -0.432. The largest absolute Gasteiger partial charge is 0.455 e. The zero-order valence-electron chi connectivity index (χ0n) is 10.1. The van der Waals surface area contributed by atoms with Crippen LogP contribution in [0, 0.1) is 13.8 Å². The minimum atomic E-state index is -0.432. The third-order valence-electron chi connectivity index (χ3n) is 2.35. The molecule has 0 saturated carbocycles. The summed E-state index contributed by atoms with van der Waals surface area (Å²) in [6.07, 6.45) is 1.51. The number of hydrogen-bond donors (Lipinski definition) is 1. The molecule has 2 heterocycles. The van der Waals surface area contributed by atoms with E-state index in [0.717, 1.165) is 10.7 Å². The summed E-state index contributed by atoms with van der Waals surface area (Å²) in [7, 11) is 0. The van der Waals surface area contributed by atoms with Gasteiger partial charge in [0.05, 0.1) is 33.8 Å². The molecule has 0 radical (unpaired) electrons. The number of ether oxygens (including phenoxy) is 1. The van der Waals surface area contributed by atoms with Crippen LogP contribution in [0.3, 0.4) is 0 Å². The first-order valence-corrected chi connectivity index (χ1v) is 6.24. The quantitative estimate of drug-likeness (QED) is 0.858. The molecule has 2 N–H and O–H groups in total. The highest BCUT2D eigenvalue weighted by atomic mass is 32.1. The molecule has 94 valence electrons. The molecule has 0 spiro atoms. The molecule has 0 bridgehead atoms. The number of rotatable bonds is 3. The highest BCUT2D eigenvalue weighted by Gasteiger charge is 2.12. The van der Waals surface area contributed by atoms with Crippen molar-refractivity contribution in [3.63, 3.8) is 0 Å². The smallest absolute Gasteiger partial charge is 0.340 e. The fraction of sp³-hybridized carbons (Fsp3) is 0.250. The Morgan fingerprint density at radius 1 is 1.50 bits per heavy atom. The highest BCUT2D eigenvalue weighted by molar-refractivity contribution is 7.09. The third kappa shape index (κ3) is 2.84. The maximum atomic E-state index is 11.9. The molecule has 0 fully saturated rings. The highest BCUT2D eigenvalue weighted by Crippen LogP contribution is 2.13. The lowest BCUT2D eigenvalue weighted by atomic mass is 10.2. The van der Waals surface area contributed by atoms with Crippen LogP contribution in [0.5, 0.6) is 0 Å². The molecule has 0 unspecified atom stereocenters. The number of esters is 1. The molecule has 0 aromatic carbocycles. The minimum Gasteiger partial charge on any atom is -0.455 e. The molecule has 2 rings (SSSR count). The van der Waals surface area contributed by atoms with Gasteiger partial charge in [0, 0.05) is 5.38 Å². The fourth-order valence-electron chi connectivity index (χ4n) is 1.45. The van der Waals surface area contributed by atoms with Crippen LogP contribution in [0.1, 0.15) is 26.8 Å². The number of nitrogens with two attached hydrogens (primary N) is 1. The Kier molecular flexibility index (Phi) is 3.57. The van der Waals surface area contributed by atoms with Gasteiger partial charge < -0.3 is 10.5 Å². The van der Waals surface area contributed by atoms with Crippen LogP contribution >= 0.6 is 11.3 Å². The van der Waals surface area contributed by atoms with Crippen LogP contribution in [0.4, 0.5) is 5.69 Å². The van der Waals surface area contributed by atoms with Crippen molar-refractivity contribution in [1.82, 2.24) is 9.97 Å². The van der Waals surface area contributed by atoms with Gasteiger partial charge in [0.1, 0.15) is 6.61 Å². The molecule has 0 aliphatic heterocycles. The van der Waals surface area contributed by atoms with Crippen molar-refractivity contribution in [2.75, 3.05) is 5.73 Å². The van der Waals surface area contributed by atoms with Gasteiger partial charge >= 0.3 is 5.97 Å². The molecule has 0 amide bonds. The number of aromatic nitrogens is 2. The Hall–Kier alpha value is -1.95. The zero-order valence-corrected chi connectivity index (χ0v) is 11.0. The van der Waals surface area contributed by atoms with Gasteiger partial charge in [-0.15, -0.1) is 11.3 Å². The topological polar surface area (TPSA) is 78.1 Å². The Morgan fingerprint density at radius 3 is 2.94 bits per heavy atom. The van der Waals surface area contributed by atoms with Gasteiger partial charge in [0.25, 0.3) is 0 Å². The van der Waals surface area contributed by atoms with E-state index in [4.69, 9.17) is 10.5 Å². The molecule has 2 aromatic heterocycles. The molecule has 5 nitrogen and oxygen atoms in total. The first kappa shape index (κ1) is 12.5. The van der Waals surface area contributed by atoms with Gasteiger partial charge in [0.2, 0.25) is 0 Å². The van der Waals surface area contributed by atoms with E-state index in [0.29, 0.717) is 16.9 Å².